The normalized spacial score (nSPS) is 12.0. The summed E-state index contributed by atoms with van der Waals surface area (Å²) in [6.45, 7) is 3.60. The van der Waals surface area contributed by atoms with Crippen LogP contribution in [0.25, 0.3) is 22.6 Å². The molecule has 5 nitrogen and oxygen atoms in total. The lowest BCUT2D eigenvalue weighted by molar-refractivity contribution is 0.597. The highest BCUT2D eigenvalue weighted by Crippen LogP contribution is 2.29. The summed E-state index contributed by atoms with van der Waals surface area (Å²) in [5.74, 6) is 0.673. The Balaban J connectivity index is 2.31. The van der Waals surface area contributed by atoms with Gasteiger partial charge in [0.1, 0.15) is 11.3 Å². The van der Waals surface area contributed by atoms with Gasteiger partial charge >= 0.3 is 0 Å². The minimum atomic E-state index is -3.31. The van der Waals surface area contributed by atoms with Crippen LogP contribution in [0.4, 0.5) is 0 Å². The summed E-state index contributed by atoms with van der Waals surface area (Å²) in [4.78, 5) is 9.29. The van der Waals surface area contributed by atoms with Gasteiger partial charge < -0.3 is 4.57 Å². The number of aryl methyl sites for hydroxylation is 2. The lowest BCUT2D eigenvalue weighted by Crippen LogP contribution is -2.07. The van der Waals surface area contributed by atoms with Gasteiger partial charge in [-0.25, -0.2) is 18.4 Å². The van der Waals surface area contributed by atoms with E-state index in [2.05, 4.69) is 9.97 Å². The minimum absolute atomic E-state index is 0.0608. The second-order valence-electron chi connectivity index (χ2n) is 5.25. The van der Waals surface area contributed by atoms with E-state index in [9.17, 15) is 8.42 Å². The van der Waals surface area contributed by atoms with Gasteiger partial charge in [-0.2, -0.15) is 0 Å². The van der Waals surface area contributed by atoms with E-state index in [0.717, 1.165) is 16.7 Å². The third-order valence-corrected chi connectivity index (χ3v) is 5.47. The van der Waals surface area contributed by atoms with E-state index < -0.39 is 9.84 Å². The van der Waals surface area contributed by atoms with E-state index in [-0.39, 0.29) is 5.75 Å². The molecule has 0 aliphatic rings. The molecule has 2 heterocycles. The fraction of sp³-hybridized carbons (Fsp3) is 0.250. The lowest BCUT2D eigenvalue weighted by Gasteiger charge is -2.09. The monoisotopic (exact) mass is 315 g/mol. The first-order valence-corrected chi connectivity index (χ1v) is 8.70. The van der Waals surface area contributed by atoms with Crippen molar-refractivity contribution in [2.75, 3.05) is 5.75 Å². The molecular formula is C16H17N3O2S. The highest BCUT2D eigenvalue weighted by Gasteiger charge is 2.21. The fourth-order valence-electron chi connectivity index (χ4n) is 2.50. The Morgan fingerprint density at radius 2 is 1.95 bits per heavy atom. The Hall–Kier alpha value is -2.21. The third kappa shape index (κ3) is 2.29. The van der Waals surface area contributed by atoms with Crippen LogP contribution in [0.2, 0.25) is 0 Å². The summed E-state index contributed by atoms with van der Waals surface area (Å²) in [7, 11) is -1.46. The van der Waals surface area contributed by atoms with Crippen LogP contribution in [0.1, 0.15) is 12.5 Å². The highest BCUT2D eigenvalue weighted by atomic mass is 32.2. The van der Waals surface area contributed by atoms with Crippen molar-refractivity contribution in [3.63, 3.8) is 0 Å². The molecule has 0 aliphatic heterocycles. The maximum atomic E-state index is 12.3. The molecule has 114 valence electrons. The molecule has 0 radical (unpaired) electrons. The van der Waals surface area contributed by atoms with Crippen molar-refractivity contribution in [2.45, 2.75) is 18.7 Å². The lowest BCUT2D eigenvalue weighted by atomic mass is 10.2. The Labute approximate surface area is 129 Å². The highest BCUT2D eigenvalue weighted by molar-refractivity contribution is 7.91. The molecule has 0 amide bonds. The van der Waals surface area contributed by atoms with Crippen molar-refractivity contribution < 1.29 is 8.42 Å². The molecule has 1 aromatic carbocycles. The van der Waals surface area contributed by atoms with Gasteiger partial charge in [-0.1, -0.05) is 19.1 Å². The van der Waals surface area contributed by atoms with Gasteiger partial charge in [-0.05, 0) is 30.7 Å². The van der Waals surface area contributed by atoms with Crippen molar-refractivity contribution in [3.05, 3.63) is 42.1 Å². The number of hydrogen-bond donors (Lipinski definition) is 0. The SMILES string of the molecule is CCS(=O)(=O)c1ccccc1-c1nc2cc(C)cnc2n1C. The molecule has 0 N–H and O–H groups in total. The first kappa shape index (κ1) is 14.7. The van der Waals surface area contributed by atoms with Gasteiger partial charge in [-0.3, -0.25) is 0 Å². The largest absolute Gasteiger partial charge is 0.312 e. The average Bonchev–Trinajstić information content (AvgIpc) is 2.83. The molecule has 22 heavy (non-hydrogen) atoms. The molecule has 0 saturated heterocycles. The first-order chi connectivity index (χ1) is 10.4. The standard InChI is InChI=1S/C16H17N3O2S/c1-4-22(20,21)14-8-6-5-7-12(14)15-18-13-9-11(2)10-17-16(13)19(15)3/h5-10H,4H2,1-3H3. The molecule has 2 aromatic heterocycles. The minimum Gasteiger partial charge on any atom is -0.312 e. The van der Waals surface area contributed by atoms with Crippen LogP contribution in [0.3, 0.4) is 0 Å². The van der Waals surface area contributed by atoms with E-state index in [4.69, 9.17) is 0 Å². The number of rotatable bonds is 3. The van der Waals surface area contributed by atoms with Gasteiger partial charge in [0.05, 0.1) is 10.6 Å². The van der Waals surface area contributed by atoms with Crippen LogP contribution in [0.5, 0.6) is 0 Å². The summed E-state index contributed by atoms with van der Waals surface area (Å²) in [5, 5.41) is 0. The van der Waals surface area contributed by atoms with E-state index in [1.807, 2.05) is 30.7 Å². The Kier molecular flexibility index (Phi) is 3.48. The zero-order chi connectivity index (χ0) is 15.9. The number of fused-ring (bicyclic) bond motifs is 1. The second-order valence-corrected chi connectivity index (χ2v) is 7.50. The second kappa shape index (κ2) is 5.21. The summed E-state index contributed by atoms with van der Waals surface area (Å²) < 4.78 is 26.5. The predicted octanol–water partition coefficient (Wildman–Crippen LogP) is 2.74. The number of hydrogen-bond acceptors (Lipinski definition) is 4. The molecule has 0 unspecified atom stereocenters. The van der Waals surface area contributed by atoms with Crippen LogP contribution < -0.4 is 0 Å². The van der Waals surface area contributed by atoms with E-state index in [1.54, 1.807) is 31.3 Å². The molecule has 0 aliphatic carbocycles. The van der Waals surface area contributed by atoms with Gasteiger partial charge in [0, 0.05) is 18.8 Å². The molecule has 0 fully saturated rings. The third-order valence-electron chi connectivity index (χ3n) is 3.69. The van der Waals surface area contributed by atoms with Gasteiger partial charge in [-0.15, -0.1) is 0 Å². The zero-order valence-corrected chi connectivity index (χ0v) is 13.6. The van der Waals surface area contributed by atoms with Crippen LogP contribution in [0.15, 0.2) is 41.4 Å². The Bertz CT molecular complexity index is 959. The van der Waals surface area contributed by atoms with E-state index >= 15 is 0 Å². The zero-order valence-electron chi connectivity index (χ0n) is 12.7. The molecular weight excluding hydrogens is 298 g/mol. The van der Waals surface area contributed by atoms with Gasteiger partial charge in [0.15, 0.2) is 15.5 Å². The first-order valence-electron chi connectivity index (χ1n) is 7.05. The van der Waals surface area contributed by atoms with E-state index in [1.165, 1.54) is 0 Å². The topological polar surface area (TPSA) is 64.8 Å². The number of sulfone groups is 1. The molecule has 3 aromatic rings. The van der Waals surface area contributed by atoms with Gasteiger partial charge in [0.25, 0.3) is 0 Å². The number of pyridine rings is 1. The predicted molar refractivity (Wildman–Crippen MR) is 86.4 cm³/mol. The summed E-state index contributed by atoms with van der Waals surface area (Å²) in [6.07, 6.45) is 1.78. The molecule has 0 atom stereocenters. The number of imidazole rings is 1. The van der Waals surface area contributed by atoms with Gasteiger partial charge in [0.2, 0.25) is 0 Å². The molecule has 0 spiro atoms. The van der Waals surface area contributed by atoms with Crippen LogP contribution in [-0.4, -0.2) is 28.7 Å². The molecule has 3 rings (SSSR count). The number of aromatic nitrogens is 3. The smallest absolute Gasteiger partial charge is 0.178 e. The van der Waals surface area contributed by atoms with Crippen molar-refractivity contribution in [3.8, 4) is 11.4 Å². The van der Waals surface area contributed by atoms with Crippen molar-refractivity contribution in [2.24, 2.45) is 7.05 Å². The summed E-state index contributed by atoms with van der Waals surface area (Å²) in [6, 6.07) is 8.92. The quantitative estimate of drug-likeness (QED) is 0.745. The van der Waals surface area contributed by atoms with Crippen molar-refractivity contribution in [1.82, 2.24) is 14.5 Å². The maximum absolute atomic E-state index is 12.3. The van der Waals surface area contributed by atoms with Crippen LogP contribution in [0, 0.1) is 6.92 Å². The average molecular weight is 315 g/mol. The molecule has 6 heteroatoms. The summed E-state index contributed by atoms with van der Waals surface area (Å²) >= 11 is 0. The van der Waals surface area contributed by atoms with Crippen LogP contribution in [-0.2, 0) is 16.9 Å². The number of benzene rings is 1. The Morgan fingerprint density at radius 1 is 1.23 bits per heavy atom. The van der Waals surface area contributed by atoms with E-state index in [0.29, 0.717) is 16.3 Å². The Morgan fingerprint density at radius 3 is 2.68 bits per heavy atom. The summed E-state index contributed by atoms with van der Waals surface area (Å²) in [5.41, 5.74) is 3.14. The van der Waals surface area contributed by atoms with Crippen LogP contribution >= 0.6 is 0 Å². The number of nitrogens with zero attached hydrogens (tertiary/aromatic N) is 3. The maximum Gasteiger partial charge on any atom is 0.178 e. The molecule has 0 bridgehead atoms. The van der Waals surface area contributed by atoms with Crippen molar-refractivity contribution >= 4 is 21.0 Å². The van der Waals surface area contributed by atoms with Crippen molar-refractivity contribution in [1.29, 1.82) is 0 Å². The molecule has 0 saturated carbocycles. The fourth-order valence-corrected chi connectivity index (χ4v) is 3.59.